The molecule has 7 heteroatoms. The first kappa shape index (κ1) is 17.5. The molecule has 0 fully saturated rings. The summed E-state index contributed by atoms with van der Waals surface area (Å²) in [5.74, 6) is -0.507. The zero-order valence-electron chi connectivity index (χ0n) is 13.0. The summed E-state index contributed by atoms with van der Waals surface area (Å²) >= 11 is 0. The first-order valence-corrected chi connectivity index (χ1v) is 6.99. The Kier molecular flexibility index (Phi) is 6.37. The third-order valence-corrected chi connectivity index (χ3v) is 2.99. The average Bonchev–Trinajstić information content (AvgIpc) is 2.42. The summed E-state index contributed by atoms with van der Waals surface area (Å²) in [5.41, 5.74) is 6.64. The van der Waals surface area contributed by atoms with Gasteiger partial charge in [0.1, 0.15) is 6.04 Å². The molecule has 1 rings (SSSR count). The zero-order valence-corrected chi connectivity index (χ0v) is 13.0. The van der Waals surface area contributed by atoms with E-state index in [1.54, 1.807) is 24.3 Å². The second kappa shape index (κ2) is 8.02. The minimum Gasteiger partial charge on any atom is -0.352 e. The molecule has 0 bridgehead atoms. The minimum atomic E-state index is -0.728. The highest BCUT2D eigenvalue weighted by molar-refractivity contribution is 5.88. The summed E-state index contributed by atoms with van der Waals surface area (Å²) in [4.78, 5) is 33.9. The molecule has 22 heavy (non-hydrogen) atoms. The number of nitrogens with one attached hydrogen (secondary N) is 3. The summed E-state index contributed by atoms with van der Waals surface area (Å²) < 4.78 is 0. The number of primary amides is 1. The summed E-state index contributed by atoms with van der Waals surface area (Å²) in [6.45, 7) is 5.40. The SMILES string of the molecule is CC(=O)Nc1ccc(CNC(=O)[C@@H](NC(N)=O)C(C)C)cc1. The summed E-state index contributed by atoms with van der Waals surface area (Å²) in [6, 6.07) is 5.72. The van der Waals surface area contributed by atoms with Gasteiger partial charge in [-0.25, -0.2) is 4.79 Å². The van der Waals surface area contributed by atoms with Gasteiger partial charge in [0.05, 0.1) is 0 Å². The van der Waals surface area contributed by atoms with Crippen LogP contribution in [0.25, 0.3) is 0 Å². The van der Waals surface area contributed by atoms with Gasteiger partial charge in [-0.05, 0) is 23.6 Å². The van der Waals surface area contributed by atoms with E-state index >= 15 is 0 Å². The van der Waals surface area contributed by atoms with Crippen molar-refractivity contribution in [3.05, 3.63) is 29.8 Å². The van der Waals surface area contributed by atoms with Crippen LogP contribution in [0, 0.1) is 5.92 Å². The third kappa shape index (κ3) is 5.82. The van der Waals surface area contributed by atoms with Gasteiger partial charge in [0.15, 0.2) is 0 Å². The van der Waals surface area contributed by atoms with Crippen LogP contribution >= 0.6 is 0 Å². The minimum absolute atomic E-state index is 0.0744. The van der Waals surface area contributed by atoms with Gasteiger partial charge in [-0.1, -0.05) is 26.0 Å². The fraction of sp³-hybridized carbons (Fsp3) is 0.400. The van der Waals surface area contributed by atoms with Gasteiger partial charge in [-0.2, -0.15) is 0 Å². The Bertz CT molecular complexity index is 540. The summed E-state index contributed by atoms with van der Waals surface area (Å²) in [7, 11) is 0. The maximum atomic E-state index is 12.1. The summed E-state index contributed by atoms with van der Waals surface area (Å²) in [6.07, 6.45) is 0. The smallest absolute Gasteiger partial charge is 0.312 e. The highest BCUT2D eigenvalue weighted by Gasteiger charge is 2.22. The largest absolute Gasteiger partial charge is 0.352 e. The Morgan fingerprint density at radius 3 is 2.18 bits per heavy atom. The topological polar surface area (TPSA) is 113 Å². The Morgan fingerprint density at radius 2 is 1.73 bits per heavy atom. The normalized spacial score (nSPS) is 11.6. The molecule has 0 saturated carbocycles. The average molecular weight is 306 g/mol. The second-order valence-electron chi connectivity index (χ2n) is 5.33. The fourth-order valence-electron chi connectivity index (χ4n) is 1.90. The maximum absolute atomic E-state index is 12.1. The molecule has 0 radical (unpaired) electrons. The Labute approximate surface area is 129 Å². The number of nitrogens with two attached hydrogens (primary N) is 1. The lowest BCUT2D eigenvalue weighted by atomic mass is 10.0. The lowest BCUT2D eigenvalue weighted by Gasteiger charge is -2.20. The first-order valence-electron chi connectivity index (χ1n) is 6.99. The van der Waals surface area contributed by atoms with Crippen LogP contribution < -0.4 is 21.7 Å². The standard InChI is InChI=1S/C15H22N4O3/c1-9(2)13(19-15(16)22)14(21)17-8-11-4-6-12(7-5-11)18-10(3)20/h4-7,9,13H,8H2,1-3H3,(H,17,21)(H,18,20)(H3,16,19,22)/t13-/m0/s1. The summed E-state index contributed by atoms with van der Waals surface area (Å²) in [5, 5.41) is 7.84. The molecule has 120 valence electrons. The Balaban J connectivity index is 2.58. The first-order chi connectivity index (χ1) is 10.3. The molecule has 0 aliphatic heterocycles. The van der Waals surface area contributed by atoms with E-state index in [0.717, 1.165) is 5.56 Å². The predicted molar refractivity (Wildman–Crippen MR) is 83.9 cm³/mol. The number of rotatable bonds is 6. The van der Waals surface area contributed by atoms with Gasteiger partial charge in [-0.3, -0.25) is 9.59 Å². The van der Waals surface area contributed by atoms with Crippen molar-refractivity contribution >= 4 is 23.5 Å². The zero-order chi connectivity index (χ0) is 16.7. The molecule has 4 amide bonds. The van der Waals surface area contributed by atoms with E-state index in [1.165, 1.54) is 6.92 Å². The van der Waals surface area contributed by atoms with Gasteiger partial charge in [-0.15, -0.1) is 0 Å². The molecule has 0 aliphatic carbocycles. The van der Waals surface area contributed by atoms with E-state index in [0.29, 0.717) is 12.2 Å². The van der Waals surface area contributed by atoms with Crippen LogP contribution in [0.5, 0.6) is 0 Å². The van der Waals surface area contributed by atoms with E-state index in [-0.39, 0.29) is 17.7 Å². The Hall–Kier alpha value is -2.57. The molecule has 0 heterocycles. The van der Waals surface area contributed by atoms with Crippen molar-refractivity contribution in [2.24, 2.45) is 11.7 Å². The molecule has 0 unspecified atom stereocenters. The van der Waals surface area contributed by atoms with Crippen LogP contribution in [0.3, 0.4) is 0 Å². The molecule has 0 saturated heterocycles. The maximum Gasteiger partial charge on any atom is 0.312 e. The number of hydrogen-bond donors (Lipinski definition) is 4. The molecule has 1 aromatic rings. The molecule has 0 aliphatic rings. The van der Waals surface area contributed by atoms with Gasteiger partial charge in [0, 0.05) is 19.2 Å². The molecule has 0 spiro atoms. The van der Waals surface area contributed by atoms with Gasteiger partial charge >= 0.3 is 6.03 Å². The monoisotopic (exact) mass is 306 g/mol. The highest BCUT2D eigenvalue weighted by atomic mass is 16.2. The highest BCUT2D eigenvalue weighted by Crippen LogP contribution is 2.09. The lowest BCUT2D eigenvalue weighted by molar-refractivity contribution is -0.124. The van der Waals surface area contributed by atoms with E-state index in [9.17, 15) is 14.4 Å². The quantitative estimate of drug-likeness (QED) is 0.627. The number of carbonyl (C=O) groups is 3. The number of amides is 4. The van der Waals surface area contributed by atoms with Gasteiger partial charge in [0.2, 0.25) is 11.8 Å². The number of hydrogen-bond acceptors (Lipinski definition) is 3. The van der Waals surface area contributed by atoms with Crippen molar-refractivity contribution in [1.82, 2.24) is 10.6 Å². The van der Waals surface area contributed by atoms with Crippen LogP contribution in [-0.2, 0) is 16.1 Å². The molecule has 1 aromatic carbocycles. The van der Waals surface area contributed by atoms with E-state index in [1.807, 2.05) is 13.8 Å². The van der Waals surface area contributed by atoms with Crippen LogP contribution in [-0.4, -0.2) is 23.9 Å². The molecule has 5 N–H and O–H groups in total. The third-order valence-electron chi connectivity index (χ3n) is 2.99. The van der Waals surface area contributed by atoms with Crippen molar-refractivity contribution in [2.75, 3.05) is 5.32 Å². The molecular formula is C15H22N4O3. The van der Waals surface area contributed by atoms with Crippen LogP contribution in [0.4, 0.5) is 10.5 Å². The van der Waals surface area contributed by atoms with Crippen molar-refractivity contribution in [3.8, 4) is 0 Å². The predicted octanol–water partition coefficient (Wildman–Crippen LogP) is 0.954. The molecule has 7 nitrogen and oxygen atoms in total. The van der Waals surface area contributed by atoms with Crippen LogP contribution in [0.2, 0.25) is 0 Å². The Morgan fingerprint density at radius 1 is 1.14 bits per heavy atom. The molecular weight excluding hydrogens is 284 g/mol. The fourth-order valence-corrected chi connectivity index (χ4v) is 1.90. The van der Waals surface area contributed by atoms with Gasteiger partial charge < -0.3 is 21.7 Å². The van der Waals surface area contributed by atoms with E-state index < -0.39 is 12.1 Å². The number of urea groups is 1. The van der Waals surface area contributed by atoms with Crippen LogP contribution in [0.1, 0.15) is 26.3 Å². The number of carbonyl (C=O) groups excluding carboxylic acids is 3. The van der Waals surface area contributed by atoms with Crippen molar-refractivity contribution < 1.29 is 14.4 Å². The molecule has 0 aromatic heterocycles. The van der Waals surface area contributed by atoms with Crippen molar-refractivity contribution in [3.63, 3.8) is 0 Å². The van der Waals surface area contributed by atoms with Gasteiger partial charge in [0.25, 0.3) is 0 Å². The van der Waals surface area contributed by atoms with Crippen molar-refractivity contribution in [2.45, 2.75) is 33.4 Å². The van der Waals surface area contributed by atoms with E-state index in [4.69, 9.17) is 5.73 Å². The van der Waals surface area contributed by atoms with Crippen molar-refractivity contribution in [1.29, 1.82) is 0 Å². The second-order valence-corrected chi connectivity index (χ2v) is 5.33. The molecule has 1 atom stereocenters. The number of anilines is 1. The van der Waals surface area contributed by atoms with Crippen LogP contribution in [0.15, 0.2) is 24.3 Å². The lowest BCUT2D eigenvalue weighted by Crippen LogP contribution is -2.51. The number of benzene rings is 1. The van der Waals surface area contributed by atoms with E-state index in [2.05, 4.69) is 16.0 Å².